The lowest BCUT2D eigenvalue weighted by Gasteiger charge is -2.11. The summed E-state index contributed by atoms with van der Waals surface area (Å²) in [5.41, 5.74) is 1.42. The monoisotopic (exact) mass is 291 g/mol. The van der Waals surface area contributed by atoms with E-state index in [1.165, 1.54) is 10.0 Å². The van der Waals surface area contributed by atoms with Crippen LogP contribution in [-0.4, -0.2) is 26.8 Å². The maximum atomic E-state index is 4.98. The molecule has 15 heavy (non-hydrogen) atoms. The Morgan fingerprint density at radius 2 is 2.33 bits per heavy atom. The van der Waals surface area contributed by atoms with Gasteiger partial charge < -0.3 is 10.1 Å². The van der Waals surface area contributed by atoms with Crippen molar-refractivity contribution >= 4 is 27.3 Å². The van der Waals surface area contributed by atoms with Gasteiger partial charge in [0.15, 0.2) is 0 Å². The second kappa shape index (κ2) is 7.39. The molecule has 1 unspecified atom stereocenters. The number of methoxy groups -OCH3 is 1. The molecule has 0 spiro atoms. The number of hydrogen-bond acceptors (Lipinski definition) is 3. The number of thiophene rings is 1. The average molecular weight is 292 g/mol. The smallest absolute Gasteiger partial charge is 0.0587 e. The molecule has 1 atom stereocenters. The van der Waals surface area contributed by atoms with Crippen LogP contribution in [0.25, 0.3) is 0 Å². The fourth-order valence-corrected chi connectivity index (χ4v) is 2.90. The Morgan fingerprint density at radius 1 is 1.53 bits per heavy atom. The summed E-state index contributed by atoms with van der Waals surface area (Å²) in [5, 5.41) is 7.74. The molecule has 2 nitrogen and oxygen atoms in total. The summed E-state index contributed by atoms with van der Waals surface area (Å²) in [6, 6.07) is 0. The molecule has 0 bridgehead atoms. The molecular formula is C11H18BrNOS. The third kappa shape index (κ3) is 5.11. The first-order valence-electron chi connectivity index (χ1n) is 5.14. The molecule has 1 rings (SSSR count). The lowest BCUT2D eigenvalue weighted by Crippen LogP contribution is -2.25. The van der Waals surface area contributed by atoms with Crippen LogP contribution in [0.4, 0.5) is 0 Å². The number of rotatable bonds is 7. The maximum absolute atomic E-state index is 4.98. The molecule has 0 aromatic carbocycles. The van der Waals surface area contributed by atoms with Gasteiger partial charge in [0, 0.05) is 23.5 Å². The van der Waals surface area contributed by atoms with Gasteiger partial charge in [-0.3, -0.25) is 0 Å². The highest BCUT2D eigenvalue weighted by molar-refractivity contribution is 9.10. The van der Waals surface area contributed by atoms with E-state index >= 15 is 0 Å². The van der Waals surface area contributed by atoms with E-state index in [1.54, 1.807) is 18.4 Å². The van der Waals surface area contributed by atoms with Crippen molar-refractivity contribution in [3.05, 3.63) is 20.8 Å². The van der Waals surface area contributed by atoms with Crippen LogP contribution in [0.1, 0.15) is 12.5 Å². The Balaban J connectivity index is 2.18. The largest absolute Gasteiger partial charge is 0.383 e. The first-order valence-corrected chi connectivity index (χ1v) is 6.87. The van der Waals surface area contributed by atoms with Crippen molar-refractivity contribution in [1.29, 1.82) is 0 Å². The number of halogens is 1. The molecule has 0 fully saturated rings. The van der Waals surface area contributed by atoms with Gasteiger partial charge in [-0.05, 0) is 45.8 Å². The Labute approximate surface area is 104 Å². The molecule has 0 aliphatic heterocycles. The van der Waals surface area contributed by atoms with Gasteiger partial charge >= 0.3 is 0 Å². The molecule has 1 aromatic heterocycles. The van der Waals surface area contributed by atoms with Crippen LogP contribution >= 0.6 is 27.3 Å². The summed E-state index contributed by atoms with van der Waals surface area (Å²) >= 11 is 5.31. The van der Waals surface area contributed by atoms with Gasteiger partial charge in [0.05, 0.1) is 6.61 Å². The Kier molecular flexibility index (Phi) is 6.48. The van der Waals surface area contributed by atoms with Crippen molar-refractivity contribution in [2.45, 2.75) is 13.3 Å². The number of hydrogen-bond donors (Lipinski definition) is 1. The van der Waals surface area contributed by atoms with Gasteiger partial charge in [-0.15, -0.1) is 0 Å². The molecule has 0 aliphatic rings. The normalized spacial score (nSPS) is 13.0. The molecule has 1 aromatic rings. The summed E-state index contributed by atoms with van der Waals surface area (Å²) in [5.74, 6) is 0.660. The molecular weight excluding hydrogens is 274 g/mol. The molecule has 0 saturated carbocycles. The molecule has 0 amide bonds. The molecule has 0 saturated heterocycles. The SMILES string of the molecule is COCCNCC(C)Cc1cscc1Br. The Morgan fingerprint density at radius 3 is 2.93 bits per heavy atom. The molecule has 0 aliphatic carbocycles. The zero-order valence-corrected chi connectivity index (χ0v) is 11.7. The van der Waals surface area contributed by atoms with Crippen LogP contribution in [0, 0.1) is 5.92 Å². The van der Waals surface area contributed by atoms with Gasteiger partial charge in [0.2, 0.25) is 0 Å². The topological polar surface area (TPSA) is 21.3 Å². The fraction of sp³-hybridized carbons (Fsp3) is 0.636. The summed E-state index contributed by atoms with van der Waals surface area (Å²) < 4.78 is 6.23. The highest BCUT2D eigenvalue weighted by atomic mass is 79.9. The minimum atomic E-state index is 0.660. The first-order chi connectivity index (χ1) is 7.24. The van der Waals surface area contributed by atoms with E-state index in [9.17, 15) is 0 Å². The van der Waals surface area contributed by atoms with Crippen LogP contribution in [-0.2, 0) is 11.2 Å². The molecule has 4 heteroatoms. The van der Waals surface area contributed by atoms with Crippen molar-refractivity contribution in [1.82, 2.24) is 5.32 Å². The maximum Gasteiger partial charge on any atom is 0.0587 e. The highest BCUT2D eigenvalue weighted by Gasteiger charge is 2.06. The summed E-state index contributed by atoms with van der Waals surface area (Å²) in [6.07, 6.45) is 1.13. The van der Waals surface area contributed by atoms with Gasteiger partial charge in [-0.2, -0.15) is 11.3 Å². The van der Waals surface area contributed by atoms with Crippen LogP contribution < -0.4 is 5.32 Å². The third-order valence-electron chi connectivity index (χ3n) is 2.23. The van der Waals surface area contributed by atoms with E-state index in [0.717, 1.165) is 26.1 Å². The van der Waals surface area contributed by atoms with E-state index in [0.29, 0.717) is 5.92 Å². The Bertz CT molecular complexity index is 277. The van der Waals surface area contributed by atoms with E-state index in [-0.39, 0.29) is 0 Å². The first kappa shape index (κ1) is 13.2. The van der Waals surface area contributed by atoms with Gasteiger partial charge in [-0.1, -0.05) is 6.92 Å². The molecule has 1 heterocycles. The van der Waals surface area contributed by atoms with Crippen molar-refractivity contribution in [3.63, 3.8) is 0 Å². The fourth-order valence-electron chi connectivity index (χ4n) is 1.42. The van der Waals surface area contributed by atoms with E-state index in [1.807, 2.05) is 0 Å². The van der Waals surface area contributed by atoms with Crippen LogP contribution in [0.5, 0.6) is 0 Å². The average Bonchev–Trinajstić information content (AvgIpc) is 2.59. The van der Waals surface area contributed by atoms with E-state index in [2.05, 4.69) is 38.9 Å². The predicted molar refractivity (Wildman–Crippen MR) is 69.6 cm³/mol. The van der Waals surface area contributed by atoms with E-state index in [4.69, 9.17) is 4.74 Å². The van der Waals surface area contributed by atoms with E-state index < -0.39 is 0 Å². The zero-order chi connectivity index (χ0) is 11.1. The lowest BCUT2D eigenvalue weighted by atomic mass is 10.0. The van der Waals surface area contributed by atoms with Crippen LogP contribution in [0.15, 0.2) is 15.2 Å². The number of nitrogens with one attached hydrogen (secondary N) is 1. The summed E-state index contributed by atoms with van der Waals surface area (Å²) in [4.78, 5) is 0. The van der Waals surface area contributed by atoms with Crippen molar-refractivity contribution in [2.75, 3.05) is 26.8 Å². The minimum absolute atomic E-state index is 0.660. The quantitative estimate of drug-likeness (QED) is 0.780. The summed E-state index contributed by atoms with van der Waals surface area (Å²) in [6.45, 7) is 5.04. The van der Waals surface area contributed by atoms with Crippen molar-refractivity contribution in [3.8, 4) is 0 Å². The lowest BCUT2D eigenvalue weighted by molar-refractivity contribution is 0.198. The predicted octanol–water partition coefficient (Wildman–Crippen LogP) is 2.93. The van der Waals surface area contributed by atoms with Gasteiger partial charge in [0.1, 0.15) is 0 Å². The second-order valence-corrected chi connectivity index (χ2v) is 5.35. The molecule has 86 valence electrons. The second-order valence-electron chi connectivity index (χ2n) is 3.75. The zero-order valence-electron chi connectivity index (χ0n) is 9.25. The summed E-state index contributed by atoms with van der Waals surface area (Å²) in [7, 11) is 1.73. The minimum Gasteiger partial charge on any atom is -0.383 e. The van der Waals surface area contributed by atoms with Crippen molar-refractivity contribution in [2.24, 2.45) is 5.92 Å². The molecule has 1 N–H and O–H groups in total. The number of ether oxygens (including phenoxy) is 1. The standard InChI is InChI=1S/C11H18BrNOS/c1-9(6-13-3-4-14-2)5-10-7-15-8-11(10)12/h7-9,13H,3-6H2,1-2H3. The third-order valence-corrected chi connectivity index (χ3v) is 4.07. The van der Waals surface area contributed by atoms with Gasteiger partial charge in [-0.25, -0.2) is 0 Å². The van der Waals surface area contributed by atoms with Crippen molar-refractivity contribution < 1.29 is 4.74 Å². The highest BCUT2D eigenvalue weighted by Crippen LogP contribution is 2.23. The van der Waals surface area contributed by atoms with Gasteiger partial charge in [0.25, 0.3) is 0 Å². The molecule has 0 radical (unpaired) electrons. The Hall–Kier alpha value is 0.100. The van der Waals surface area contributed by atoms with Crippen LogP contribution in [0.3, 0.4) is 0 Å². The van der Waals surface area contributed by atoms with Crippen LogP contribution in [0.2, 0.25) is 0 Å².